The Morgan fingerprint density at radius 2 is 0.729 bits per heavy atom. The third-order valence-electron chi connectivity index (χ3n) is 8.72. The van der Waals surface area contributed by atoms with Gasteiger partial charge < -0.3 is 24.2 Å². The number of hydrogen-bond acceptors (Lipinski definition) is 5. The Balaban J connectivity index is 1.49. The minimum absolute atomic E-state index is 0.796. The molecule has 2 N–H and O–H groups in total. The van der Waals surface area contributed by atoms with Crippen LogP contribution >= 0.6 is 0 Å². The zero-order valence-corrected chi connectivity index (χ0v) is 26.7. The van der Waals surface area contributed by atoms with Gasteiger partial charge in [0.2, 0.25) is 0 Å². The highest BCUT2D eigenvalue weighted by Crippen LogP contribution is 2.36. The molecule has 7 heteroatoms. The van der Waals surface area contributed by atoms with E-state index in [-0.39, 0.29) is 0 Å². The van der Waals surface area contributed by atoms with E-state index in [1.807, 2.05) is 54.6 Å². The first-order valence-corrected chi connectivity index (χ1v) is 15.7. The zero-order chi connectivity index (χ0) is 32.6. The van der Waals surface area contributed by atoms with Crippen molar-refractivity contribution in [2.75, 3.05) is 21.3 Å². The molecule has 0 saturated heterocycles. The monoisotopic (exact) mass is 628 g/mol. The molecule has 3 aromatic carbocycles. The molecule has 8 rings (SSSR count). The molecule has 8 bridgehead atoms. The van der Waals surface area contributed by atoms with Gasteiger partial charge in [-0.3, -0.25) is 0 Å². The number of nitrogens with one attached hydrogen (secondary N) is 2. The molecule has 234 valence electrons. The summed E-state index contributed by atoms with van der Waals surface area (Å²) in [7, 11) is 5.03. The Morgan fingerprint density at radius 3 is 1.08 bits per heavy atom. The van der Waals surface area contributed by atoms with Gasteiger partial charge in [0.25, 0.3) is 0 Å². The van der Waals surface area contributed by atoms with Gasteiger partial charge in [0.15, 0.2) is 0 Å². The fourth-order valence-electron chi connectivity index (χ4n) is 6.33. The fraction of sp³-hybridized carbons (Fsp3) is 0.0732. The number of fused-ring (bicyclic) bond motifs is 8. The summed E-state index contributed by atoms with van der Waals surface area (Å²) in [5.74, 6) is 2.39. The van der Waals surface area contributed by atoms with Gasteiger partial charge in [-0.1, -0.05) is 36.4 Å². The molecule has 0 radical (unpaired) electrons. The van der Waals surface area contributed by atoms with Gasteiger partial charge in [-0.25, -0.2) is 9.97 Å². The molecule has 2 aliphatic rings. The van der Waals surface area contributed by atoms with Crippen molar-refractivity contribution in [2.24, 2.45) is 0 Å². The fourth-order valence-corrected chi connectivity index (χ4v) is 6.33. The summed E-state index contributed by atoms with van der Waals surface area (Å²) in [6, 6.07) is 34.8. The maximum Gasteiger partial charge on any atom is 0.118 e. The third-order valence-corrected chi connectivity index (χ3v) is 8.72. The molecule has 0 spiro atoms. The highest BCUT2D eigenvalue weighted by atomic mass is 16.5. The second-order valence-electron chi connectivity index (χ2n) is 11.5. The Morgan fingerprint density at radius 1 is 0.396 bits per heavy atom. The highest BCUT2D eigenvalue weighted by Gasteiger charge is 2.16. The van der Waals surface area contributed by atoms with Crippen LogP contribution in [-0.2, 0) is 0 Å². The number of ether oxygens (including phenoxy) is 3. The van der Waals surface area contributed by atoms with E-state index in [1.165, 1.54) is 0 Å². The lowest BCUT2D eigenvalue weighted by atomic mass is 10.0. The Bertz CT molecular complexity index is 2240. The van der Waals surface area contributed by atoms with E-state index in [9.17, 15) is 0 Å². The average molecular weight is 629 g/mol. The molecule has 0 aliphatic carbocycles. The molecular formula is C41H32N4O3. The van der Waals surface area contributed by atoms with Gasteiger partial charge in [-0.05, 0) is 108 Å². The molecule has 0 unspecified atom stereocenters. The van der Waals surface area contributed by atoms with E-state index >= 15 is 0 Å². The van der Waals surface area contributed by atoms with Crippen LogP contribution in [0, 0.1) is 0 Å². The maximum atomic E-state index is 5.49. The minimum Gasteiger partial charge on any atom is -0.497 e. The number of benzene rings is 3. The van der Waals surface area contributed by atoms with Gasteiger partial charge in [-0.15, -0.1) is 0 Å². The zero-order valence-electron chi connectivity index (χ0n) is 26.7. The van der Waals surface area contributed by atoms with E-state index in [2.05, 4.69) is 82.8 Å². The summed E-state index contributed by atoms with van der Waals surface area (Å²) in [6.45, 7) is 0. The number of methoxy groups -OCH3 is 3. The maximum absolute atomic E-state index is 5.49. The van der Waals surface area contributed by atoms with Crippen molar-refractivity contribution in [2.45, 2.75) is 0 Å². The van der Waals surface area contributed by atoms with Crippen LogP contribution < -0.4 is 14.2 Å². The number of rotatable bonds is 6. The molecule has 6 aromatic rings. The smallest absolute Gasteiger partial charge is 0.118 e. The van der Waals surface area contributed by atoms with Gasteiger partial charge >= 0.3 is 0 Å². The number of H-pyrrole nitrogens is 2. The predicted octanol–water partition coefficient (Wildman–Crippen LogP) is 9.68. The van der Waals surface area contributed by atoms with Crippen molar-refractivity contribution in [3.8, 4) is 50.6 Å². The third kappa shape index (κ3) is 5.31. The first kappa shape index (κ1) is 29.1. The molecule has 7 nitrogen and oxygen atoms in total. The van der Waals surface area contributed by atoms with Crippen molar-refractivity contribution >= 4 is 46.4 Å². The van der Waals surface area contributed by atoms with Crippen LogP contribution in [0.5, 0.6) is 17.2 Å². The molecule has 0 saturated carbocycles. The number of hydrogen-bond donors (Lipinski definition) is 2. The summed E-state index contributed by atoms with van der Waals surface area (Å²) < 4.78 is 16.4. The summed E-state index contributed by atoms with van der Waals surface area (Å²) in [5.41, 5.74) is 13.3. The van der Waals surface area contributed by atoms with Crippen LogP contribution in [0.25, 0.3) is 79.8 Å². The van der Waals surface area contributed by atoms with Crippen LogP contribution in [-0.4, -0.2) is 41.3 Å². The normalized spacial score (nSPS) is 11.9. The minimum atomic E-state index is 0.796. The van der Waals surface area contributed by atoms with Crippen LogP contribution in [0.15, 0.2) is 103 Å². The largest absolute Gasteiger partial charge is 0.497 e. The van der Waals surface area contributed by atoms with E-state index in [4.69, 9.17) is 24.2 Å². The van der Waals surface area contributed by atoms with Crippen LogP contribution in [0.2, 0.25) is 0 Å². The van der Waals surface area contributed by atoms with Gasteiger partial charge in [-0.2, -0.15) is 0 Å². The lowest BCUT2D eigenvalue weighted by molar-refractivity contribution is 0.415. The highest BCUT2D eigenvalue weighted by molar-refractivity contribution is 5.98. The summed E-state index contributed by atoms with van der Waals surface area (Å²) >= 11 is 0. The molecule has 0 atom stereocenters. The lowest BCUT2D eigenvalue weighted by Crippen LogP contribution is -1.88. The van der Waals surface area contributed by atoms with E-state index in [0.717, 1.165) is 95.5 Å². The summed E-state index contributed by atoms with van der Waals surface area (Å²) in [5, 5.41) is 0. The standard InChI is InChI=1S/C41H32N4O3/c1-46-30-12-4-25(5-13-30)39-33-18-10-28(42-33)24-29-11-19-34(43-29)40(26-6-14-31(47-2)15-7-26)36-21-23-38(45-36)41(37-22-20-35(39)44-37)27-8-16-32(48-3)17-9-27/h4-24,44-45H,1-3H3. The van der Waals surface area contributed by atoms with Crippen molar-refractivity contribution in [3.05, 3.63) is 126 Å². The van der Waals surface area contributed by atoms with Crippen LogP contribution in [0.3, 0.4) is 0 Å². The molecular weight excluding hydrogens is 596 g/mol. The lowest BCUT2D eigenvalue weighted by Gasteiger charge is -2.07. The number of nitrogens with zero attached hydrogens (tertiary/aromatic N) is 2. The topological polar surface area (TPSA) is 85.1 Å². The molecule has 48 heavy (non-hydrogen) atoms. The molecule has 5 heterocycles. The Hall–Kier alpha value is -6.34. The Labute approximate surface area is 277 Å². The molecule has 0 amide bonds. The van der Waals surface area contributed by atoms with Crippen molar-refractivity contribution in [1.29, 1.82) is 0 Å². The first-order chi connectivity index (χ1) is 23.6. The molecule has 2 aliphatic heterocycles. The molecule has 3 aromatic heterocycles. The predicted molar refractivity (Wildman–Crippen MR) is 195 cm³/mol. The van der Waals surface area contributed by atoms with E-state index in [0.29, 0.717) is 0 Å². The van der Waals surface area contributed by atoms with Gasteiger partial charge in [0.05, 0.1) is 44.1 Å². The quantitative estimate of drug-likeness (QED) is 0.192. The second-order valence-corrected chi connectivity index (χ2v) is 11.5. The van der Waals surface area contributed by atoms with Gasteiger partial charge in [0.1, 0.15) is 17.2 Å². The Kier molecular flexibility index (Phi) is 7.34. The molecule has 0 fully saturated rings. The SMILES string of the molecule is COc1ccc(-c2c3nc(cc4nc(c(-c5ccc(OC)cc5)c5ccc([nH]5)c(-c5ccc(OC)cc5)c5ccc2[nH]5)C=C4)C=C3)cc1. The van der Waals surface area contributed by atoms with E-state index < -0.39 is 0 Å². The van der Waals surface area contributed by atoms with Crippen molar-refractivity contribution in [3.63, 3.8) is 0 Å². The average Bonchev–Trinajstić information content (AvgIpc) is 3.97. The summed E-state index contributed by atoms with van der Waals surface area (Å²) in [6.07, 6.45) is 8.20. The summed E-state index contributed by atoms with van der Waals surface area (Å²) in [4.78, 5) is 17.7. The second kappa shape index (κ2) is 12.1. The van der Waals surface area contributed by atoms with Gasteiger partial charge in [0, 0.05) is 38.8 Å². The van der Waals surface area contributed by atoms with E-state index in [1.54, 1.807) is 21.3 Å². The van der Waals surface area contributed by atoms with Crippen molar-refractivity contribution < 1.29 is 14.2 Å². The van der Waals surface area contributed by atoms with Crippen LogP contribution in [0.1, 0.15) is 22.8 Å². The first-order valence-electron chi connectivity index (χ1n) is 15.7. The van der Waals surface area contributed by atoms with Crippen LogP contribution in [0.4, 0.5) is 0 Å². The number of aromatic amines is 2. The number of aromatic nitrogens is 4. The van der Waals surface area contributed by atoms with Crippen molar-refractivity contribution in [1.82, 2.24) is 19.9 Å².